The summed E-state index contributed by atoms with van der Waals surface area (Å²) in [6.07, 6.45) is 3.40. The summed E-state index contributed by atoms with van der Waals surface area (Å²) in [6.45, 7) is 3.03. The van der Waals surface area contributed by atoms with Crippen LogP contribution in [0.1, 0.15) is 35.7 Å². The van der Waals surface area contributed by atoms with Crippen LogP contribution in [0, 0.1) is 0 Å². The van der Waals surface area contributed by atoms with Gasteiger partial charge in [-0.05, 0) is 29.7 Å². The van der Waals surface area contributed by atoms with Gasteiger partial charge < -0.3 is 4.74 Å². The zero-order valence-corrected chi connectivity index (χ0v) is 11.9. The highest BCUT2D eigenvalue weighted by Crippen LogP contribution is 2.38. The molecule has 0 saturated heterocycles. The number of hydrogen-bond acceptors (Lipinski definition) is 1. The van der Waals surface area contributed by atoms with Crippen molar-refractivity contribution < 1.29 is 4.74 Å². The molecule has 0 N–H and O–H groups in total. The molecule has 82 valence electrons. The van der Waals surface area contributed by atoms with Gasteiger partial charge in [0.2, 0.25) is 0 Å². The van der Waals surface area contributed by atoms with Gasteiger partial charge in [0, 0.05) is 15.7 Å². The van der Waals surface area contributed by atoms with Gasteiger partial charge in [0.05, 0.1) is 6.61 Å². The van der Waals surface area contributed by atoms with E-state index in [2.05, 4.69) is 50.9 Å². The van der Waals surface area contributed by atoms with Crippen molar-refractivity contribution in [2.75, 3.05) is 6.61 Å². The maximum Gasteiger partial charge on any atom is 0.123 e. The van der Waals surface area contributed by atoms with Crippen LogP contribution in [-0.4, -0.2) is 6.61 Å². The minimum atomic E-state index is 0.447. The Morgan fingerprint density at radius 1 is 1.47 bits per heavy atom. The second-order valence-electron chi connectivity index (χ2n) is 3.84. The van der Waals surface area contributed by atoms with Crippen LogP contribution >= 0.6 is 31.9 Å². The maximum absolute atomic E-state index is 5.53. The summed E-state index contributed by atoms with van der Waals surface area (Å²) in [4.78, 5) is 0.447. The summed E-state index contributed by atoms with van der Waals surface area (Å²) >= 11 is 7.34. The molecule has 0 amide bonds. The summed E-state index contributed by atoms with van der Waals surface area (Å²) in [6, 6.07) is 4.36. The van der Waals surface area contributed by atoms with Gasteiger partial charge in [-0.25, -0.2) is 0 Å². The van der Waals surface area contributed by atoms with Crippen LogP contribution in [0.4, 0.5) is 0 Å². The Bertz CT molecular complexity index is 363. The molecule has 15 heavy (non-hydrogen) atoms. The van der Waals surface area contributed by atoms with Crippen molar-refractivity contribution in [1.82, 2.24) is 0 Å². The monoisotopic (exact) mass is 332 g/mol. The Hall–Kier alpha value is -0.0200. The number of benzene rings is 1. The molecule has 1 aliphatic rings. The van der Waals surface area contributed by atoms with Crippen LogP contribution in [0.25, 0.3) is 0 Å². The van der Waals surface area contributed by atoms with Crippen molar-refractivity contribution in [2.24, 2.45) is 0 Å². The summed E-state index contributed by atoms with van der Waals surface area (Å²) in [5, 5.41) is 0. The first-order valence-electron chi connectivity index (χ1n) is 5.31. The number of rotatable bonds is 3. The van der Waals surface area contributed by atoms with Crippen LogP contribution in [0.3, 0.4) is 0 Å². The molecule has 1 unspecified atom stereocenters. The van der Waals surface area contributed by atoms with Crippen LogP contribution in [0.5, 0.6) is 5.75 Å². The zero-order chi connectivity index (χ0) is 10.8. The van der Waals surface area contributed by atoms with Crippen LogP contribution < -0.4 is 4.74 Å². The van der Waals surface area contributed by atoms with E-state index in [1.54, 1.807) is 0 Å². The number of alkyl halides is 1. The molecule has 0 fully saturated rings. The van der Waals surface area contributed by atoms with E-state index in [0.29, 0.717) is 4.83 Å². The number of fused-ring (bicyclic) bond motifs is 1. The molecule has 0 radical (unpaired) electrons. The van der Waals surface area contributed by atoms with E-state index in [9.17, 15) is 0 Å². The van der Waals surface area contributed by atoms with Gasteiger partial charge in [0.25, 0.3) is 0 Å². The highest BCUT2D eigenvalue weighted by molar-refractivity contribution is 9.11. The van der Waals surface area contributed by atoms with E-state index in [-0.39, 0.29) is 0 Å². The van der Waals surface area contributed by atoms with Gasteiger partial charge >= 0.3 is 0 Å². The van der Waals surface area contributed by atoms with Gasteiger partial charge in [-0.15, -0.1) is 0 Å². The standard InChI is InChI=1S/C12H14Br2O/c1-2-3-10(13)9-6-8-4-5-15-12(8)7-11(9)14/h6-7,10H,2-5H2,1H3. The molecule has 1 atom stereocenters. The summed E-state index contributed by atoms with van der Waals surface area (Å²) in [5.74, 6) is 1.04. The third-order valence-corrected chi connectivity index (χ3v) is 4.33. The first-order valence-corrected chi connectivity index (χ1v) is 7.02. The molecule has 2 rings (SSSR count). The molecule has 1 aliphatic heterocycles. The Labute approximate surface area is 107 Å². The van der Waals surface area contributed by atoms with Gasteiger partial charge in [0.1, 0.15) is 5.75 Å². The molecule has 0 saturated carbocycles. The van der Waals surface area contributed by atoms with Crippen molar-refractivity contribution in [3.05, 3.63) is 27.7 Å². The normalized spacial score (nSPS) is 15.9. The summed E-state index contributed by atoms with van der Waals surface area (Å²) < 4.78 is 6.68. The predicted octanol–water partition coefficient (Wildman–Crippen LogP) is 4.62. The largest absolute Gasteiger partial charge is 0.493 e. The Kier molecular flexibility index (Phi) is 3.73. The van der Waals surface area contributed by atoms with Gasteiger partial charge in [-0.2, -0.15) is 0 Å². The molecule has 1 heterocycles. The average molecular weight is 334 g/mol. The first kappa shape index (κ1) is 11.5. The SMILES string of the molecule is CCCC(Br)c1cc2c(cc1Br)OCC2. The molecule has 0 spiro atoms. The second-order valence-corrected chi connectivity index (χ2v) is 5.80. The zero-order valence-electron chi connectivity index (χ0n) is 8.72. The lowest BCUT2D eigenvalue weighted by atomic mass is 10.0. The summed E-state index contributed by atoms with van der Waals surface area (Å²) in [5.41, 5.74) is 2.69. The van der Waals surface area contributed by atoms with E-state index < -0.39 is 0 Å². The topological polar surface area (TPSA) is 9.23 Å². The first-order chi connectivity index (χ1) is 7.22. The third-order valence-electron chi connectivity index (χ3n) is 2.69. The van der Waals surface area contributed by atoms with Crippen LogP contribution in [0.15, 0.2) is 16.6 Å². The Balaban J connectivity index is 2.31. The second kappa shape index (κ2) is 4.88. The third kappa shape index (κ3) is 2.39. The van der Waals surface area contributed by atoms with Gasteiger partial charge in [-0.3, -0.25) is 0 Å². The summed E-state index contributed by atoms with van der Waals surface area (Å²) in [7, 11) is 0. The minimum Gasteiger partial charge on any atom is -0.493 e. The Morgan fingerprint density at radius 2 is 2.27 bits per heavy atom. The van der Waals surface area contributed by atoms with Gasteiger partial charge in [-0.1, -0.05) is 45.2 Å². The molecular weight excluding hydrogens is 320 g/mol. The maximum atomic E-state index is 5.53. The van der Waals surface area contributed by atoms with E-state index in [1.165, 1.54) is 17.5 Å². The molecule has 3 heteroatoms. The van der Waals surface area contributed by atoms with Crippen molar-refractivity contribution in [3.63, 3.8) is 0 Å². The van der Waals surface area contributed by atoms with E-state index in [4.69, 9.17) is 4.74 Å². The highest BCUT2D eigenvalue weighted by Gasteiger charge is 2.18. The van der Waals surface area contributed by atoms with Crippen LogP contribution in [0.2, 0.25) is 0 Å². The minimum absolute atomic E-state index is 0.447. The predicted molar refractivity (Wildman–Crippen MR) is 69.9 cm³/mol. The lowest BCUT2D eigenvalue weighted by molar-refractivity contribution is 0.356. The molecular formula is C12H14Br2O. The van der Waals surface area contributed by atoms with E-state index in [1.807, 2.05) is 0 Å². The van der Waals surface area contributed by atoms with Crippen molar-refractivity contribution in [1.29, 1.82) is 0 Å². The molecule has 1 nitrogen and oxygen atoms in total. The van der Waals surface area contributed by atoms with Crippen molar-refractivity contribution in [3.8, 4) is 5.75 Å². The van der Waals surface area contributed by atoms with E-state index >= 15 is 0 Å². The number of hydrogen-bond donors (Lipinski definition) is 0. The molecule has 0 aromatic heterocycles. The van der Waals surface area contributed by atoms with Crippen LogP contribution in [-0.2, 0) is 6.42 Å². The fraction of sp³-hybridized carbons (Fsp3) is 0.500. The van der Waals surface area contributed by atoms with Crippen molar-refractivity contribution >= 4 is 31.9 Å². The smallest absolute Gasteiger partial charge is 0.123 e. The van der Waals surface area contributed by atoms with Crippen molar-refractivity contribution in [2.45, 2.75) is 31.0 Å². The Morgan fingerprint density at radius 3 is 3.00 bits per heavy atom. The molecule has 0 bridgehead atoms. The average Bonchev–Trinajstić information content (AvgIpc) is 2.63. The fourth-order valence-electron chi connectivity index (χ4n) is 1.87. The number of ether oxygens (including phenoxy) is 1. The lowest BCUT2D eigenvalue weighted by Crippen LogP contribution is -1.92. The molecule has 1 aromatic rings. The molecule has 1 aromatic carbocycles. The number of halogens is 2. The fourth-order valence-corrected chi connectivity index (χ4v) is 3.61. The van der Waals surface area contributed by atoms with Gasteiger partial charge in [0.15, 0.2) is 0 Å². The quantitative estimate of drug-likeness (QED) is 0.733. The highest BCUT2D eigenvalue weighted by atomic mass is 79.9. The lowest BCUT2D eigenvalue weighted by Gasteiger charge is -2.12. The molecule has 0 aliphatic carbocycles. The van der Waals surface area contributed by atoms with E-state index in [0.717, 1.165) is 29.7 Å².